The molecule has 0 N–H and O–H groups in total. The molecule has 0 aromatic heterocycles. The van der Waals surface area contributed by atoms with E-state index in [0.717, 1.165) is 34.2 Å². The van der Waals surface area contributed by atoms with Gasteiger partial charge in [-0.15, -0.1) is 0 Å². The van der Waals surface area contributed by atoms with Crippen LogP contribution < -0.4 is 9.47 Å². The molecular weight excluding hydrogens is 405 g/mol. The van der Waals surface area contributed by atoms with Gasteiger partial charge in [0.1, 0.15) is 23.9 Å². The number of ether oxygens (including phenoxy) is 2. The van der Waals surface area contributed by atoms with Gasteiger partial charge in [0.25, 0.3) is 11.1 Å². The highest BCUT2D eigenvalue weighted by molar-refractivity contribution is 8.18. The zero-order valence-electron chi connectivity index (χ0n) is 17.4. The lowest BCUT2D eigenvalue weighted by atomic mass is 9.96. The molecule has 3 rings (SSSR count). The first kappa shape index (κ1) is 21.9. The first-order chi connectivity index (χ1) is 14.3. The lowest BCUT2D eigenvalue weighted by molar-refractivity contribution is -0.123. The number of rotatable bonds is 7. The van der Waals surface area contributed by atoms with Crippen molar-refractivity contribution in [2.75, 3.05) is 20.3 Å². The summed E-state index contributed by atoms with van der Waals surface area (Å²) in [6.45, 7) is 6.35. The molecular formula is C23H24FNO4S. The molecule has 30 heavy (non-hydrogen) atoms. The number of hydrogen-bond acceptors (Lipinski definition) is 5. The van der Waals surface area contributed by atoms with Crippen LogP contribution in [0.15, 0.2) is 41.3 Å². The zero-order valence-corrected chi connectivity index (χ0v) is 18.2. The number of halogens is 1. The quantitative estimate of drug-likeness (QED) is 0.553. The summed E-state index contributed by atoms with van der Waals surface area (Å²) in [7, 11) is 1.64. The van der Waals surface area contributed by atoms with Crippen LogP contribution in [0, 0.1) is 12.7 Å². The summed E-state index contributed by atoms with van der Waals surface area (Å²) in [5.74, 6) is 0.855. The Kier molecular flexibility index (Phi) is 6.82. The minimum absolute atomic E-state index is 0.123. The molecule has 2 amide bonds. The molecule has 1 saturated heterocycles. The van der Waals surface area contributed by atoms with E-state index in [0.29, 0.717) is 10.7 Å². The Labute approximate surface area is 179 Å². The summed E-state index contributed by atoms with van der Waals surface area (Å²) >= 11 is 0.920. The predicted octanol–water partition coefficient (Wildman–Crippen LogP) is 5.38. The van der Waals surface area contributed by atoms with Crippen molar-refractivity contribution >= 4 is 29.0 Å². The summed E-state index contributed by atoms with van der Waals surface area (Å²) < 4.78 is 23.9. The van der Waals surface area contributed by atoms with Crippen LogP contribution in [0.1, 0.15) is 36.5 Å². The van der Waals surface area contributed by atoms with Gasteiger partial charge < -0.3 is 9.47 Å². The highest BCUT2D eigenvalue weighted by Gasteiger charge is 2.35. The van der Waals surface area contributed by atoms with Crippen molar-refractivity contribution in [3.8, 4) is 11.5 Å². The third-order valence-electron chi connectivity index (χ3n) is 4.80. The highest BCUT2D eigenvalue weighted by atomic mass is 32.2. The Bertz CT molecular complexity index is 985. The average molecular weight is 430 g/mol. The smallest absolute Gasteiger partial charge is 0.293 e. The second-order valence-electron chi connectivity index (χ2n) is 7.24. The molecule has 1 aliphatic heterocycles. The van der Waals surface area contributed by atoms with Gasteiger partial charge in [0.15, 0.2) is 0 Å². The van der Waals surface area contributed by atoms with Gasteiger partial charge in [-0.3, -0.25) is 14.5 Å². The van der Waals surface area contributed by atoms with Crippen LogP contribution in [0.5, 0.6) is 11.5 Å². The second-order valence-corrected chi connectivity index (χ2v) is 8.23. The first-order valence-corrected chi connectivity index (χ1v) is 10.4. The fraction of sp³-hybridized carbons (Fsp3) is 0.304. The van der Waals surface area contributed by atoms with Crippen molar-refractivity contribution < 1.29 is 23.5 Å². The lowest BCUT2D eigenvalue weighted by Crippen LogP contribution is -2.32. The Hall–Kier alpha value is -2.80. The van der Waals surface area contributed by atoms with Gasteiger partial charge in [-0.05, 0) is 83.8 Å². The van der Waals surface area contributed by atoms with Gasteiger partial charge in [-0.25, -0.2) is 4.39 Å². The van der Waals surface area contributed by atoms with Crippen molar-refractivity contribution in [3.05, 3.63) is 63.8 Å². The second kappa shape index (κ2) is 9.34. The number of amides is 2. The molecule has 1 heterocycles. The van der Waals surface area contributed by atoms with Crippen molar-refractivity contribution in [2.24, 2.45) is 0 Å². The molecule has 0 radical (unpaired) electrons. The standard InChI is InChI=1S/C23H24FNO4S/c1-14(2)19-12-16(15(3)11-20(19)28-4)13-21-22(26)25(23(27)30-21)9-10-29-18-7-5-17(24)6-8-18/h5-8,11-14H,9-10H2,1-4H3/b21-13-. The molecule has 0 aliphatic carbocycles. The summed E-state index contributed by atoms with van der Waals surface area (Å²) in [4.78, 5) is 26.6. The van der Waals surface area contributed by atoms with E-state index in [1.54, 1.807) is 13.2 Å². The number of nitrogens with zero attached hydrogens (tertiary/aromatic N) is 1. The van der Waals surface area contributed by atoms with Gasteiger partial charge in [0, 0.05) is 0 Å². The number of aryl methyl sites for hydroxylation is 1. The SMILES string of the molecule is COc1cc(C)c(/C=C2\SC(=O)N(CCOc3ccc(F)cc3)C2=O)cc1C(C)C. The number of methoxy groups -OCH3 is 1. The van der Waals surface area contributed by atoms with E-state index in [4.69, 9.17) is 9.47 Å². The maximum atomic E-state index is 12.9. The van der Waals surface area contributed by atoms with Gasteiger partial charge in [-0.2, -0.15) is 0 Å². The number of thioether (sulfide) groups is 1. The van der Waals surface area contributed by atoms with E-state index in [-0.39, 0.29) is 36.0 Å². The molecule has 0 saturated carbocycles. The lowest BCUT2D eigenvalue weighted by Gasteiger charge is -2.15. The van der Waals surface area contributed by atoms with Crippen LogP contribution in [-0.4, -0.2) is 36.3 Å². The van der Waals surface area contributed by atoms with E-state index >= 15 is 0 Å². The van der Waals surface area contributed by atoms with Gasteiger partial charge in [-0.1, -0.05) is 13.8 Å². The zero-order chi connectivity index (χ0) is 21.8. The highest BCUT2D eigenvalue weighted by Crippen LogP contribution is 2.35. The van der Waals surface area contributed by atoms with E-state index in [1.165, 1.54) is 29.2 Å². The number of benzene rings is 2. The Morgan fingerprint density at radius 3 is 2.50 bits per heavy atom. The Balaban J connectivity index is 1.73. The van der Waals surface area contributed by atoms with Gasteiger partial charge in [0.2, 0.25) is 0 Å². The fourth-order valence-electron chi connectivity index (χ4n) is 3.12. The molecule has 2 aromatic rings. The molecule has 2 aromatic carbocycles. The molecule has 0 atom stereocenters. The maximum absolute atomic E-state index is 12.9. The van der Waals surface area contributed by atoms with E-state index in [9.17, 15) is 14.0 Å². The fourth-order valence-corrected chi connectivity index (χ4v) is 3.97. The van der Waals surface area contributed by atoms with Gasteiger partial charge >= 0.3 is 0 Å². The molecule has 1 aliphatic rings. The minimum atomic E-state index is -0.354. The average Bonchev–Trinajstić information content (AvgIpc) is 2.97. The normalized spacial score (nSPS) is 15.4. The molecule has 0 unspecified atom stereocenters. The molecule has 5 nitrogen and oxygen atoms in total. The molecule has 158 valence electrons. The molecule has 7 heteroatoms. The van der Waals surface area contributed by atoms with Crippen molar-refractivity contribution in [2.45, 2.75) is 26.7 Å². The maximum Gasteiger partial charge on any atom is 0.293 e. The summed E-state index contributed by atoms with van der Waals surface area (Å²) in [5, 5.41) is -0.329. The number of hydrogen-bond donors (Lipinski definition) is 0. The van der Waals surface area contributed by atoms with E-state index < -0.39 is 0 Å². The Morgan fingerprint density at radius 1 is 1.17 bits per heavy atom. The van der Waals surface area contributed by atoms with Crippen LogP contribution in [0.25, 0.3) is 6.08 Å². The van der Waals surface area contributed by atoms with Crippen LogP contribution in [0.4, 0.5) is 9.18 Å². The van der Waals surface area contributed by atoms with Crippen LogP contribution >= 0.6 is 11.8 Å². The Morgan fingerprint density at radius 2 is 1.87 bits per heavy atom. The predicted molar refractivity (Wildman–Crippen MR) is 116 cm³/mol. The van der Waals surface area contributed by atoms with E-state index in [2.05, 4.69) is 13.8 Å². The molecule has 0 spiro atoms. The monoisotopic (exact) mass is 429 g/mol. The summed E-state index contributed by atoms with van der Waals surface area (Å²) in [5.41, 5.74) is 2.89. The van der Waals surface area contributed by atoms with Gasteiger partial charge in [0.05, 0.1) is 18.6 Å². The van der Waals surface area contributed by atoms with Crippen molar-refractivity contribution in [1.29, 1.82) is 0 Å². The third kappa shape index (κ3) is 4.84. The summed E-state index contributed by atoms with van der Waals surface area (Å²) in [6.07, 6.45) is 1.76. The largest absolute Gasteiger partial charge is 0.496 e. The van der Waals surface area contributed by atoms with Crippen molar-refractivity contribution in [3.63, 3.8) is 0 Å². The number of carbonyl (C=O) groups is 2. The topological polar surface area (TPSA) is 55.8 Å². The van der Waals surface area contributed by atoms with Crippen molar-refractivity contribution in [1.82, 2.24) is 4.90 Å². The first-order valence-electron chi connectivity index (χ1n) is 9.62. The number of carbonyl (C=O) groups excluding carboxylic acids is 2. The van der Waals surface area contributed by atoms with Crippen LogP contribution in [0.3, 0.4) is 0 Å². The third-order valence-corrected chi connectivity index (χ3v) is 5.71. The minimum Gasteiger partial charge on any atom is -0.496 e. The summed E-state index contributed by atoms with van der Waals surface area (Å²) in [6, 6.07) is 9.54. The molecule has 1 fully saturated rings. The van der Waals surface area contributed by atoms with Crippen LogP contribution in [-0.2, 0) is 4.79 Å². The number of imide groups is 1. The van der Waals surface area contributed by atoms with Crippen LogP contribution in [0.2, 0.25) is 0 Å². The van der Waals surface area contributed by atoms with E-state index in [1.807, 2.05) is 19.1 Å². The molecule has 0 bridgehead atoms.